The number of rotatable bonds is 0. The normalized spacial score (nSPS) is 10.8. The Hall–Kier alpha value is -0.530. The van der Waals surface area contributed by atoms with Gasteiger partial charge in [-0.1, -0.05) is 62.3 Å². The molecule has 0 fully saturated rings. The standard InChI is InChI=1S/C6H14.C5H12N2.CH4/c1-5-6(2,3)4;1-5(2,3)4(6)7;/h5H2,1-4H3;1-3H3,(H3,6,7);1H4. The molecule has 0 saturated heterocycles. The first-order chi connectivity index (χ1) is 5.50. The molecular weight excluding hydrogens is 172 g/mol. The van der Waals surface area contributed by atoms with Crippen LogP contribution in [0.5, 0.6) is 0 Å². The van der Waals surface area contributed by atoms with E-state index in [9.17, 15) is 0 Å². The first kappa shape index (κ1) is 19.1. The monoisotopic (exact) mass is 202 g/mol. The maximum absolute atomic E-state index is 6.92. The van der Waals surface area contributed by atoms with E-state index in [-0.39, 0.29) is 18.7 Å². The SMILES string of the molecule is C.CC(C)(C)C(=N)N.CCC(C)(C)C. The molecule has 0 unspecified atom stereocenters. The van der Waals surface area contributed by atoms with Crippen molar-refractivity contribution in [2.24, 2.45) is 16.6 Å². The molecule has 0 aromatic heterocycles. The van der Waals surface area contributed by atoms with Gasteiger partial charge in [0.05, 0.1) is 5.84 Å². The molecule has 0 saturated carbocycles. The molecule has 88 valence electrons. The van der Waals surface area contributed by atoms with Crippen LogP contribution in [0.25, 0.3) is 0 Å². The summed E-state index contributed by atoms with van der Waals surface area (Å²) >= 11 is 0. The fourth-order valence-electron chi connectivity index (χ4n) is 0. The molecule has 2 heteroatoms. The summed E-state index contributed by atoms with van der Waals surface area (Å²) < 4.78 is 0. The van der Waals surface area contributed by atoms with Gasteiger partial charge < -0.3 is 5.73 Å². The topological polar surface area (TPSA) is 49.9 Å². The second kappa shape index (κ2) is 6.86. The Kier molecular flexibility index (Phi) is 9.36. The van der Waals surface area contributed by atoms with E-state index in [1.807, 2.05) is 20.8 Å². The van der Waals surface area contributed by atoms with Crippen LogP contribution in [0.1, 0.15) is 62.3 Å². The Labute approximate surface area is 90.8 Å². The Balaban J connectivity index is -0.000000163. The molecule has 0 aromatic carbocycles. The fraction of sp³-hybridized carbons (Fsp3) is 0.917. The second-order valence-corrected chi connectivity index (χ2v) is 5.58. The number of nitrogens with two attached hydrogens (primary N) is 1. The lowest BCUT2D eigenvalue weighted by molar-refractivity contribution is 0.398. The van der Waals surface area contributed by atoms with Crippen molar-refractivity contribution in [2.75, 3.05) is 0 Å². The molecule has 0 aliphatic heterocycles. The third-order valence-electron chi connectivity index (χ3n) is 1.87. The highest BCUT2D eigenvalue weighted by Crippen LogP contribution is 2.16. The smallest absolute Gasteiger partial charge is 0.0960 e. The van der Waals surface area contributed by atoms with Gasteiger partial charge in [0, 0.05) is 5.41 Å². The highest BCUT2D eigenvalue weighted by Gasteiger charge is 2.12. The molecule has 0 rings (SSSR count). The number of hydrogen-bond donors (Lipinski definition) is 2. The Morgan fingerprint density at radius 1 is 1.07 bits per heavy atom. The van der Waals surface area contributed by atoms with E-state index in [0.717, 1.165) is 0 Å². The van der Waals surface area contributed by atoms with Crippen molar-refractivity contribution in [3.63, 3.8) is 0 Å². The van der Waals surface area contributed by atoms with Gasteiger partial charge in [0.1, 0.15) is 0 Å². The Morgan fingerprint density at radius 3 is 1.21 bits per heavy atom. The Bertz CT molecular complexity index is 147. The van der Waals surface area contributed by atoms with Crippen LogP contribution in [-0.4, -0.2) is 5.84 Å². The van der Waals surface area contributed by atoms with Crippen molar-refractivity contribution in [3.8, 4) is 0 Å². The van der Waals surface area contributed by atoms with Gasteiger partial charge in [-0.15, -0.1) is 0 Å². The van der Waals surface area contributed by atoms with Gasteiger partial charge in [-0.3, -0.25) is 5.41 Å². The van der Waals surface area contributed by atoms with Crippen molar-refractivity contribution >= 4 is 5.84 Å². The van der Waals surface area contributed by atoms with E-state index in [1.54, 1.807) is 0 Å². The van der Waals surface area contributed by atoms with E-state index >= 15 is 0 Å². The molecule has 0 spiro atoms. The molecular formula is C12H30N2. The predicted octanol–water partition coefficient (Wildman–Crippen LogP) is 4.05. The van der Waals surface area contributed by atoms with Crippen LogP contribution in [0.2, 0.25) is 0 Å². The molecule has 14 heavy (non-hydrogen) atoms. The minimum atomic E-state index is -0.139. The van der Waals surface area contributed by atoms with Crippen molar-refractivity contribution in [1.29, 1.82) is 5.41 Å². The van der Waals surface area contributed by atoms with Gasteiger partial charge in [0.25, 0.3) is 0 Å². The molecule has 0 aromatic rings. The average Bonchev–Trinajstić information content (AvgIpc) is 1.85. The maximum atomic E-state index is 6.92. The molecule has 3 N–H and O–H groups in total. The van der Waals surface area contributed by atoms with Gasteiger partial charge in [-0.25, -0.2) is 0 Å². The van der Waals surface area contributed by atoms with Crippen LogP contribution in [0.4, 0.5) is 0 Å². The molecule has 0 amide bonds. The van der Waals surface area contributed by atoms with Gasteiger partial charge >= 0.3 is 0 Å². The molecule has 0 bridgehead atoms. The minimum absolute atomic E-state index is 0. The molecule has 0 heterocycles. The van der Waals surface area contributed by atoms with Gasteiger partial charge in [-0.2, -0.15) is 0 Å². The first-order valence-electron chi connectivity index (χ1n) is 4.85. The molecule has 0 aliphatic rings. The van der Waals surface area contributed by atoms with Gasteiger partial charge in [0.15, 0.2) is 0 Å². The van der Waals surface area contributed by atoms with Crippen molar-refractivity contribution in [2.45, 2.75) is 62.3 Å². The largest absolute Gasteiger partial charge is 0.387 e. The average molecular weight is 202 g/mol. The van der Waals surface area contributed by atoms with Crippen LogP contribution < -0.4 is 5.73 Å². The quantitative estimate of drug-likeness (QED) is 0.452. The minimum Gasteiger partial charge on any atom is -0.387 e. The molecule has 0 aliphatic carbocycles. The van der Waals surface area contributed by atoms with Crippen LogP contribution in [0.15, 0.2) is 0 Å². The molecule has 2 nitrogen and oxygen atoms in total. The first-order valence-corrected chi connectivity index (χ1v) is 4.85. The van der Waals surface area contributed by atoms with Crippen LogP contribution in [0.3, 0.4) is 0 Å². The summed E-state index contributed by atoms with van der Waals surface area (Å²) in [4.78, 5) is 0. The zero-order valence-corrected chi connectivity index (χ0v) is 10.3. The van der Waals surface area contributed by atoms with E-state index in [0.29, 0.717) is 5.41 Å². The fourth-order valence-corrected chi connectivity index (χ4v) is 0. The van der Waals surface area contributed by atoms with Crippen LogP contribution in [-0.2, 0) is 0 Å². The summed E-state index contributed by atoms with van der Waals surface area (Å²) in [5, 5.41) is 6.92. The van der Waals surface area contributed by atoms with Gasteiger partial charge in [-0.05, 0) is 5.41 Å². The highest BCUT2D eigenvalue weighted by atomic mass is 14.7. The lowest BCUT2D eigenvalue weighted by atomic mass is 9.94. The second-order valence-electron chi connectivity index (χ2n) is 5.58. The Morgan fingerprint density at radius 2 is 1.21 bits per heavy atom. The van der Waals surface area contributed by atoms with E-state index in [4.69, 9.17) is 11.1 Å². The third-order valence-corrected chi connectivity index (χ3v) is 1.87. The molecule has 0 atom stereocenters. The highest BCUT2D eigenvalue weighted by molar-refractivity contribution is 5.82. The zero-order valence-electron chi connectivity index (χ0n) is 10.3. The van der Waals surface area contributed by atoms with E-state index in [2.05, 4.69) is 27.7 Å². The van der Waals surface area contributed by atoms with Crippen LogP contribution >= 0.6 is 0 Å². The summed E-state index contributed by atoms with van der Waals surface area (Å²) in [5.74, 6) is 0.243. The van der Waals surface area contributed by atoms with E-state index in [1.165, 1.54) is 6.42 Å². The van der Waals surface area contributed by atoms with Crippen molar-refractivity contribution < 1.29 is 0 Å². The summed E-state index contributed by atoms with van der Waals surface area (Å²) in [5.41, 5.74) is 5.56. The summed E-state index contributed by atoms with van der Waals surface area (Å²) in [6, 6.07) is 0. The lowest BCUT2D eigenvalue weighted by Gasteiger charge is -2.14. The van der Waals surface area contributed by atoms with E-state index < -0.39 is 0 Å². The van der Waals surface area contributed by atoms with Crippen molar-refractivity contribution in [3.05, 3.63) is 0 Å². The summed E-state index contributed by atoms with van der Waals surface area (Å²) in [6.07, 6.45) is 1.27. The summed E-state index contributed by atoms with van der Waals surface area (Å²) in [6.45, 7) is 14.7. The summed E-state index contributed by atoms with van der Waals surface area (Å²) in [7, 11) is 0. The predicted molar refractivity (Wildman–Crippen MR) is 67.8 cm³/mol. The maximum Gasteiger partial charge on any atom is 0.0960 e. The third kappa shape index (κ3) is 17.5. The molecule has 0 radical (unpaired) electrons. The van der Waals surface area contributed by atoms with Crippen molar-refractivity contribution in [1.82, 2.24) is 0 Å². The number of nitrogens with one attached hydrogen (secondary N) is 1. The number of hydrogen-bond acceptors (Lipinski definition) is 1. The number of amidine groups is 1. The van der Waals surface area contributed by atoms with Gasteiger partial charge in [0.2, 0.25) is 0 Å². The lowest BCUT2D eigenvalue weighted by Crippen LogP contribution is -2.27. The zero-order chi connectivity index (χ0) is 11.3. The van der Waals surface area contributed by atoms with Crippen LogP contribution in [0, 0.1) is 16.2 Å².